The molecule has 4 nitrogen and oxygen atoms in total. The van der Waals surface area contributed by atoms with Crippen LogP contribution in [0.2, 0.25) is 5.02 Å². The van der Waals surface area contributed by atoms with E-state index < -0.39 is 0 Å². The number of carbonyl (C=O) groups excluding carboxylic acids is 1. The van der Waals surface area contributed by atoms with Crippen molar-refractivity contribution in [1.82, 2.24) is 10.2 Å². The summed E-state index contributed by atoms with van der Waals surface area (Å²) in [5.41, 5.74) is 1.89. The van der Waals surface area contributed by atoms with Crippen molar-refractivity contribution >= 4 is 23.2 Å². The van der Waals surface area contributed by atoms with E-state index in [0.29, 0.717) is 23.2 Å². The van der Waals surface area contributed by atoms with Crippen LogP contribution in [0.3, 0.4) is 0 Å². The van der Waals surface area contributed by atoms with Crippen molar-refractivity contribution in [2.45, 2.75) is 13.0 Å². The minimum absolute atomic E-state index is 0.0720. The highest BCUT2D eigenvalue weighted by Crippen LogP contribution is 2.16. The van der Waals surface area contributed by atoms with E-state index in [9.17, 15) is 4.79 Å². The molecule has 0 bridgehead atoms. The second-order valence-electron chi connectivity index (χ2n) is 6.43. The smallest absolute Gasteiger partial charge is 0.251 e. The first kappa shape index (κ1) is 17.8. The first-order chi connectivity index (χ1) is 12.1. The molecule has 0 spiro atoms. The van der Waals surface area contributed by atoms with Gasteiger partial charge in [-0.05, 0) is 37.3 Å². The summed E-state index contributed by atoms with van der Waals surface area (Å²) in [5.74, 6) is -0.0720. The van der Waals surface area contributed by atoms with Crippen molar-refractivity contribution in [2.24, 2.45) is 0 Å². The second-order valence-corrected chi connectivity index (χ2v) is 6.86. The van der Waals surface area contributed by atoms with Gasteiger partial charge in [0.15, 0.2) is 0 Å². The summed E-state index contributed by atoms with van der Waals surface area (Å²) in [6, 6.07) is 17.9. The zero-order valence-corrected chi connectivity index (χ0v) is 15.2. The number of hydrogen-bond acceptors (Lipinski definition) is 3. The van der Waals surface area contributed by atoms with Gasteiger partial charge >= 0.3 is 0 Å². The maximum atomic E-state index is 12.2. The summed E-state index contributed by atoms with van der Waals surface area (Å²) in [4.78, 5) is 17.1. The number of benzene rings is 2. The van der Waals surface area contributed by atoms with Gasteiger partial charge in [-0.25, -0.2) is 0 Å². The highest BCUT2D eigenvalue weighted by atomic mass is 35.5. The molecule has 0 aromatic heterocycles. The quantitative estimate of drug-likeness (QED) is 0.892. The van der Waals surface area contributed by atoms with Crippen molar-refractivity contribution in [3.05, 3.63) is 65.2 Å². The summed E-state index contributed by atoms with van der Waals surface area (Å²) in [7, 11) is 0. The maximum Gasteiger partial charge on any atom is 0.251 e. The van der Waals surface area contributed by atoms with E-state index in [-0.39, 0.29) is 5.91 Å². The molecule has 1 atom stereocenters. The molecule has 5 heteroatoms. The number of nitrogens with zero attached hydrogens (tertiary/aromatic N) is 2. The zero-order valence-electron chi connectivity index (χ0n) is 14.5. The van der Waals surface area contributed by atoms with Gasteiger partial charge in [0.1, 0.15) is 0 Å². The predicted molar refractivity (Wildman–Crippen MR) is 103 cm³/mol. The number of halogens is 1. The van der Waals surface area contributed by atoms with Crippen LogP contribution in [-0.2, 0) is 0 Å². The Bertz CT molecular complexity index is 699. The van der Waals surface area contributed by atoms with E-state index >= 15 is 0 Å². The number of para-hydroxylation sites is 1. The Morgan fingerprint density at radius 3 is 2.48 bits per heavy atom. The molecule has 1 N–H and O–H groups in total. The Morgan fingerprint density at radius 1 is 1.08 bits per heavy atom. The highest BCUT2D eigenvalue weighted by Gasteiger charge is 2.21. The van der Waals surface area contributed by atoms with Gasteiger partial charge in [-0.3, -0.25) is 9.69 Å². The van der Waals surface area contributed by atoms with E-state index in [1.165, 1.54) is 5.69 Å². The fourth-order valence-corrected chi connectivity index (χ4v) is 3.35. The van der Waals surface area contributed by atoms with Gasteiger partial charge in [0.05, 0.1) is 0 Å². The van der Waals surface area contributed by atoms with Crippen LogP contribution in [0, 0.1) is 0 Å². The van der Waals surface area contributed by atoms with E-state index in [1.54, 1.807) is 24.3 Å². The topological polar surface area (TPSA) is 35.6 Å². The molecule has 132 valence electrons. The third kappa shape index (κ3) is 4.74. The normalized spacial score (nSPS) is 16.5. The van der Waals surface area contributed by atoms with Gasteiger partial charge in [0.2, 0.25) is 0 Å². The maximum absolute atomic E-state index is 12.2. The second kappa shape index (κ2) is 8.37. The molecule has 1 amide bonds. The lowest BCUT2D eigenvalue weighted by Gasteiger charge is -2.39. The van der Waals surface area contributed by atoms with Crippen LogP contribution in [0.25, 0.3) is 0 Å². The molecular weight excluding hydrogens is 334 g/mol. The molecular formula is C20H24ClN3O. The number of anilines is 1. The summed E-state index contributed by atoms with van der Waals surface area (Å²) >= 11 is 5.94. The van der Waals surface area contributed by atoms with Crippen molar-refractivity contribution in [2.75, 3.05) is 37.6 Å². The predicted octanol–water partition coefficient (Wildman–Crippen LogP) is 3.28. The fraction of sp³-hybridized carbons (Fsp3) is 0.350. The molecule has 1 fully saturated rings. The van der Waals surface area contributed by atoms with Crippen molar-refractivity contribution in [1.29, 1.82) is 0 Å². The van der Waals surface area contributed by atoms with Gasteiger partial charge in [0.25, 0.3) is 5.91 Å². The highest BCUT2D eigenvalue weighted by molar-refractivity contribution is 6.30. The van der Waals surface area contributed by atoms with Crippen LogP contribution in [0.15, 0.2) is 54.6 Å². The molecule has 2 aromatic carbocycles. The van der Waals surface area contributed by atoms with Crippen LogP contribution in [0.4, 0.5) is 5.69 Å². The third-order valence-electron chi connectivity index (χ3n) is 4.70. The third-order valence-corrected chi connectivity index (χ3v) is 4.94. The molecule has 1 heterocycles. The molecule has 1 unspecified atom stereocenters. The summed E-state index contributed by atoms with van der Waals surface area (Å²) in [6.45, 7) is 6.83. The average molecular weight is 358 g/mol. The van der Waals surface area contributed by atoms with Crippen LogP contribution in [-0.4, -0.2) is 49.6 Å². The SMILES string of the molecule is CC(CNC(=O)c1cccc(Cl)c1)N1CCN(c2ccccc2)CC1. The average Bonchev–Trinajstić information content (AvgIpc) is 2.66. The van der Waals surface area contributed by atoms with Crippen LogP contribution in [0.5, 0.6) is 0 Å². The van der Waals surface area contributed by atoms with Crippen LogP contribution >= 0.6 is 11.6 Å². The number of hydrogen-bond donors (Lipinski definition) is 1. The number of carbonyl (C=O) groups is 1. The van der Waals surface area contributed by atoms with E-state index in [1.807, 2.05) is 6.07 Å². The molecule has 1 aliphatic heterocycles. The van der Waals surface area contributed by atoms with Gasteiger partial charge in [-0.15, -0.1) is 0 Å². The standard InChI is InChI=1S/C20H24ClN3O/c1-16(15-22-20(25)17-6-5-7-18(21)14-17)23-10-12-24(13-11-23)19-8-3-2-4-9-19/h2-9,14,16H,10-13,15H2,1H3,(H,22,25). The van der Waals surface area contributed by atoms with E-state index in [4.69, 9.17) is 11.6 Å². The van der Waals surface area contributed by atoms with Crippen molar-refractivity contribution < 1.29 is 4.79 Å². The van der Waals surface area contributed by atoms with Gasteiger partial charge < -0.3 is 10.2 Å². The fourth-order valence-electron chi connectivity index (χ4n) is 3.16. The lowest BCUT2D eigenvalue weighted by molar-refractivity contribution is 0.0934. The summed E-state index contributed by atoms with van der Waals surface area (Å²) in [5, 5.41) is 3.59. The van der Waals surface area contributed by atoms with Crippen molar-refractivity contribution in [3.63, 3.8) is 0 Å². The van der Waals surface area contributed by atoms with Gasteiger partial charge in [-0.1, -0.05) is 35.9 Å². The molecule has 1 saturated heterocycles. The molecule has 25 heavy (non-hydrogen) atoms. The molecule has 3 rings (SSSR count). The Kier molecular flexibility index (Phi) is 5.95. The minimum atomic E-state index is -0.0720. The number of rotatable bonds is 5. The lowest BCUT2D eigenvalue weighted by Crippen LogP contribution is -2.52. The Labute approximate surface area is 154 Å². The Hall–Kier alpha value is -2.04. The monoisotopic (exact) mass is 357 g/mol. The lowest BCUT2D eigenvalue weighted by atomic mass is 10.2. The number of nitrogens with one attached hydrogen (secondary N) is 1. The molecule has 0 radical (unpaired) electrons. The van der Waals surface area contributed by atoms with Crippen molar-refractivity contribution in [3.8, 4) is 0 Å². The van der Waals surface area contributed by atoms with E-state index in [0.717, 1.165) is 26.2 Å². The Morgan fingerprint density at radius 2 is 1.80 bits per heavy atom. The first-order valence-electron chi connectivity index (χ1n) is 8.71. The van der Waals surface area contributed by atoms with Crippen LogP contribution < -0.4 is 10.2 Å². The first-order valence-corrected chi connectivity index (χ1v) is 9.09. The number of piperazine rings is 1. The van der Waals surface area contributed by atoms with Crippen LogP contribution in [0.1, 0.15) is 17.3 Å². The van der Waals surface area contributed by atoms with Gasteiger partial charge in [-0.2, -0.15) is 0 Å². The zero-order chi connectivity index (χ0) is 17.6. The molecule has 2 aromatic rings. The molecule has 0 aliphatic carbocycles. The summed E-state index contributed by atoms with van der Waals surface area (Å²) in [6.07, 6.45) is 0. The minimum Gasteiger partial charge on any atom is -0.369 e. The van der Waals surface area contributed by atoms with Gasteiger partial charge in [0, 0.05) is 55.0 Å². The molecule has 0 saturated carbocycles. The Balaban J connectivity index is 1.46. The summed E-state index contributed by atoms with van der Waals surface area (Å²) < 4.78 is 0. The van der Waals surface area contributed by atoms with E-state index in [2.05, 4.69) is 46.3 Å². The largest absolute Gasteiger partial charge is 0.369 e. The molecule has 1 aliphatic rings. The number of amides is 1.